The van der Waals surface area contributed by atoms with Crippen molar-refractivity contribution >= 4 is 29.0 Å². The molecule has 0 aliphatic heterocycles. The van der Waals surface area contributed by atoms with Crippen LogP contribution in [0.3, 0.4) is 0 Å². The van der Waals surface area contributed by atoms with Crippen LogP contribution in [0.15, 0.2) is 18.6 Å². The minimum atomic E-state index is -2.81. The molecule has 23 heavy (non-hydrogen) atoms. The third-order valence-corrected chi connectivity index (χ3v) is 3.23. The Morgan fingerprint density at radius 3 is 2.65 bits per heavy atom. The van der Waals surface area contributed by atoms with E-state index >= 15 is 0 Å². The molecule has 0 aromatic carbocycles. The highest BCUT2D eigenvalue weighted by molar-refractivity contribution is 6.33. The van der Waals surface area contributed by atoms with Crippen LogP contribution in [0.1, 0.15) is 19.0 Å². The first-order valence-corrected chi connectivity index (χ1v) is 7.13. The van der Waals surface area contributed by atoms with E-state index in [1.165, 1.54) is 6.20 Å². The Kier molecular flexibility index (Phi) is 5.84. The Morgan fingerprint density at radius 2 is 2.00 bits per heavy atom. The number of aromatic nitrogens is 3. The molecule has 0 fully saturated rings. The van der Waals surface area contributed by atoms with Crippen molar-refractivity contribution in [3.05, 3.63) is 40.1 Å². The molecule has 1 atom stereocenters. The number of nitrogens with one attached hydrogen (secondary N) is 1. The summed E-state index contributed by atoms with van der Waals surface area (Å²) in [5, 5.41) is 2.66. The van der Waals surface area contributed by atoms with Gasteiger partial charge in [0.15, 0.2) is 5.82 Å². The molecule has 2 heterocycles. The number of hydrogen-bond acceptors (Lipinski definition) is 5. The summed E-state index contributed by atoms with van der Waals surface area (Å²) >= 11 is 11.4. The molecule has 0 radical (unpaired) electrons. The van der Waals surface area contributed by atoms with Crippen LogP contribution >= 0.6 is 23.2 Å². The van der Waals surface area contributed by atoms with Crippen molar-refractivity contribution in [3.8, 4) is 5.88 Å². The molecule has 0 amide bonds. The highest BCUT2D eigenvalue weighted by Crippen LogP contribution is 2.29. The third-order valence-electron chi connectivity index (χ3n) is 2.65. The maximum absolute atomic E-state index is 13.5. The van der Waals surface area contributed by atoms with Gasteiger partial charge < -0.3 is 10.1 Å². The Balaban J connectivity index is 2.00. The number of rotatable bonds is 6. The van der Waals surface area contributed by atoms with Gasteiger partial charge in [-0.3, -0.25) is 0 Å². The van der Waals surface area contributed by atoms with Crippen LogP contribution in [0.5, 0.6) is 5.88 Å². The highest BCUT2D eigenvalue weighted by Gasteiger charge is 2.18. The zero-order valence-corrected chi connectivity index (χ0v) is 13.2. The van der Waals surface area contributed by atoms with Gasteiger partial charge in [0.05, 0.1) is 11.1 Å². The van der Waals surface area contributed by atoms with Gasteiger partial charge in [-0.05, 0) is 13.0 Å². The topological polar surface area (TPSA) is 59.9 Å². The minimum Gasteiger partial charge on any atom is -0.473 e. The van der Waals surface area contributed by atoms with Crippen LogP contribution in [0, 0.1) is 5.82 Å². The highest BCUT2D eigenvalue weighted by atomic mass is 35.5. The van der Waals surface area contributed by atoms with Crippen molar-refractivity contribution in [1.29, 1.82) is 0 Å². The van der Waals surface area contributed by atoms with Crippen LogP contribution < -0.4 is 10.1 Å². The van der Waals surface area contributed by atoms with Crippen LogP contribution in [0.4, 0.5) is 19.0 Å². The van der Waals surface area contributed by atoms with E-state index in [1.54, 1.807) is 6.92 Å². The van der Waals surface area contributed by atoms with Gasteiger partial charge in [0.1, 0.15) is 29.5 Å². The third kappa shape index (κ3) is 4.59. The summed E-state index contributed by atoms with van der Waals surface area (Å²) in [7, 11) is 0. The molecular formula is C13H11Cl2F3N4O. The molecular weight excluding hydrogens is 356 g/mol. The number of pyridine rings is 1. The number of alkyl halides is 2. The standard InChI is InChI=1S/C13H11Cl2F3N4O/c1-6(4-23-13-8(16)2-7(14)3-19-13)22-12-9(15)10(11(17)18)20-5-21-12/h2-3,5-6,11H,4H2,1H3,(H,20,21,22). The second kappa shape index (κ2) is 7.65. The number of halogens is 5. The van der Waals surface area contributed by atoms with E-state index in [0.29, 0.717) is 0 Å². The van der Waals surface area contributed by atoms with Gasteiger partial charge in [0.25, 0.3) is 12.3 Å². The smallest absolute Gasteiger partial charge is 0.282 e. The van der Waals surface area contributed by atoms with Gasteiger partial charge in [-0.25, -0.2) is 28.1 Å². The van der Waals surface area contributed by atoms with Crippen molar-refractivity contribution < 1.29 is 17.9 Å². The van der Waals surface area contributed by atoms with Gasteiger partial charge in [-0.15, -0.1) is 0 Å². The average Bonchev–Trinajstić information content (AvgIpc) is 2.48. The summed E-state index contributed by atoms with van der Waals surface area (Å²) in [6.45, 7) is 1.67. The van der Waals surface area contributed by atoms with E-state index in [-0.39, 0.29) is 28.3 Å². The van der Waals surface area contributed by atoms with Crippen LogP contribution in [-0.4, -0.2) is 27.6 Å². The Bertz CT molecular complexity index is 690. The van der Waals surface area contributed by atoms with Gasteiger partial charge >= 0.3 is 0 Å². The largest absolute Gasteiger partial charge is 0.473 e. The maximum Gasteiger partial charge on any atom is 0.282 e. The monoisotopic (exact) mass is 366 g/mol. The second-order valence-corrected chi connectivity index (χ2v) is 5.33. The predicted octanol–water partition coefficient (Wildman–Crippen LogP) is 4.13. The van der Waals surface area contributed by atoms with Crippen molar-refractivity contribution in [3.63, 3.8) is 0 Å². The van der Waals surface area contributed by atoms with E-state index < -0.39 is 24.0 Å². The lowest BCUT2D eigenvalue weighted by molar-refractivity contribution is 0.146. The second-order valence-electron chi connectivity index (χ2n) is 4.52. The van der Waals surface area contributed by atoms with Crippen molar-refractivity contribution in [2.75, 3.05) is 11.9 Å². The first kappa shape index (κ1) is 17.6. The van der Waals surface area contributed by atoms with E-state index in [1.807, 2.05) is 0 Å². The molecule has 2 rings (SSSR count). The molecule has 1 N–H and O–H groups in total. The molecule has 0 saturated heterocycles. The first-order valence-electron chi connectivity index (χ1n) is 6.37. The quantitative estimate of drug-likeness (QED) is 0.832. The number of anilines is 1. The lowest BCUT2D eigenvalue weighted by Crippen LogP contribution is -2.25. The number of ether oxygens (including phenoxy) is 1. The molecule has 0 spiro atoms. The van der Waals surface area contributed by atoms with Crippen LogP contribution in [-0.2, 0) is 0 Å². The van der Waals surface area contributed by atoms with Gasteiger partial charge in [-0.1, -0.05) is 23.2 Å². The summed E-state index contributed by atoms with van der Waals surface area (Å²) in [6.07, 6.45) is -0.595. The zero-order valence-electron chi connectivity index (χ0n) is 11.7. The summed E-state index contributed by atoms with van der Waals surface area (Å²) in [4.78, 5) is 10.9. The molecule has 0 aliphatic carbocycles. The van der Waals surface area contributed by atoms with Crippen LogP contribution in [0.2, 0.25) is 10.0 Å². The number of hydrogen-bond donors (Lipinski definition) is 1. The Labute approximate surface area is 139 Å². The molecule has 0 aliphatic rings. The van der Waals surface area contributed by atoms with E-state index in [9.17, 15) is 13.2 Å². The fraction of sp³-hybridized carbons (Fsp3) is 0.308. The first-order chi connectivity index (χ1) is 10.9. The van der Waals surface area contributed by atoms with Crippen molar-refractivity contribution in [1.82, 2.24) is 15.0 Å². The lowest BCUT2D eigenvalue weighted by atomic mass is 10.3. The molecule has 0 bridgehead atoms. The minimum absolute atomic E-state index is 0.00407. The molecule has 10 heteroatoms. The van der Waals surface area contributed by atoms with Crippen molar-refractivity contribution in [2.24, 2.45) is 0 Å². The van der Waals surface area contributed by atoms with Crippen molar-refractivity contribution in [2.45, 2.75) is 19.4 Å². The van der Waals surface area contributed by atoms with Gasteiger partial charge in [-0.2, -0.15) is 0 Å². The Morgan fingerprint density at radius 1 is 1.26 bits per heavy atom. The molecule has 2 aromatic rings. The summed E-state index contributed by atoms with van der Waals surface area (Å²) in [5.41, 5.74) is -0.567. The Hall–Kier alpha value is -1.80. The molecule has 124 valence electrons. The predicted molar refractivity (Wildman–Crippen MR) is 79.8 cm³/mol. The maximum atomic E-state index is 13.5. The normalized spacial score (nSPS) is 12.3. The average molecular weight is 367 g/mol. The molecule has 1 unspecified atom stereocenters. The van der Waals surface area contributed by atoms with E-state index in [0.717, 1.165) is 12.4 Å². The lowest BCUT2D eigenvalue weighted by Gasteiger charge is -2.16. The molecule has 5 nitrogen and oxygen atoms in total. The SMILES string of the molecule is CC(COc1ncc(Cl)cc1F)Nc1ncnc(C(F)F)c1Cl. The number of nitrogens with zero attached hydrogens (tertiary/aromatic N) is 3. The summed E-state index contributed by atoms with van der Waals surface area (Å²) < 4.78 is 44.1. The molecule has 0 saturated carbocycles. The fourth-order valence-electron chi connectivity index (χ4n) is 1.62. The van der Waals surface area contributed by atoms with Gasteiger partial charge in [0.2, 0.25) is 0 Å². The molecule has 2 aromatic heterocycles. The fourth-order valence-corrected chi connectivity index (χ4v) is 2.00. The zero-order chi connectivity index (χ0) is 17.0. The summed E-state index contributed by atoms with van der Waals surface area (Å²) in [5.74, 6) is -0.882. The van der Waals surface area contributed by atoms with Gasteiger partial charge in [0, 0.05) is 6.20 Å². The van der Waals surface area contributed by atoms with Crippen LogP contribution in [0.25, 0.3) is 0 Å². The van der Waals surface area contributed by atoms with E-state index in [2.05, 4.69) is 20.3 Å². The summed E-state index contributed by atoms with van der Waals surface area (Å²) in [6, 6.07) is 0.655. The van der Waals surface area contributed by atoms with E-state index in [4.69, 9.17) is 27.9 Å².